The molecule has 0 aliphatic carbocycles. The Morgan fingerprint density at radius 2 is 2.04 bits per heavy atom. The summed E-state index contributed by atoms with van der Waals surface area (Å²) in [7, 11) is 1.63. The van der Waals surface area contributed by atoms with Crippen molar-refractivity contribution in [1.82, 2.24) is 15.5 Å². The maximum absolute atomic E-state index is 13.4. The lowest BCUT2D eigenvalue weighted by Gasteiger charge is -2.08. The number of para-hydroxylation sites is 1. The van der Waals surface area contributed by atoms with E-state index in [1.165, 1.54) is 6.07 Å². The van der Waals surface area contributed by atoms with Crippen LogP contribution in [0.4, 0.5) is 4.39 Å². The molecule has 1 aromatic heterocycles. The smallest absolute Gasteiger partial charge is 0.269 e. The third-order valence-electron chi connectivity index (χ3n) is 4.15. The van der Waals surface area contributed by atoms with Crippen LogP contribution >= 0.6 is 0 Å². The minimum Gasteiger partial charge on any atom is -0.496 e. The zero-order valence-corrected chi connectivity index (χ0v) is 14.7. The Hall–Kier alpha value is -3.15. The van der Waals surface area contributed by atoms with E-state index < -0.39 is 0 Å². The molecule has 0 radical (unpaired) electrons. The zero-order chi connectivity index (χ0) is 18.5. The van der Waals surface area contributed by atoms with Gasteiger partial charge in [-0.25, -0.2) is 4.39 Å². The Morgan fingerprint density at radius 1 is 1.23 bits per heavy atom. The van der Waals surface area contributed by atoms with E-state index in [0.717, 1.165) is 16.9 Å². The van der Waals surface area contributed by atoms with Crippen molar-refractivity contribution in [3.8, 4) is 17.0 Å². The molecule has 0 aliphatic rings. The summed E-state index contributed by atoms with van der Waals surface area (Å²) in [5.41, 5.74) is 3.29. The molecule has 0 aliphatic heterocycles. The third-order valence-corrected chi connectivity index (χ3v) is 4.15. The van der Waals surface area contributed by atoms with Gasteiger partial charge in [0.05, 0.1) is 12.8 Å². The lowest BCUT2D eigenvalue weighted by molar-refractivity contribution is 0.0949. The van der Waals surface area contributed by atoms with E-state index >= 15 is 0 Å². The number of nitrogens with zero attached hydrogens (tertiary/aromatic N) is 1. The number of carbonyl (C=O) groups is 1. The van der Waals surface area contributed by atoms with Gasteiger partial charge in [0.15, 0.2) is 0 Å². The number of benzene rings is 2. The maximum Gasteiger partial charge on any atom is 0.269 e. The Morgan fingerprint density at radius 3 is 2.81 bits per heavy atom. The maximum atomic E-state index is 13.4. The molecule has 6 heteroatoms. The minimum atomic E-state index is -0.265. The van der Waals surface area contributed by atoms with Crippen LogP contribution in [-0.2, 0) is 6.42 Å². The number of ether oxygens (including phenoxy) is 1. The summed E-state index contributed by atoms with van der Waals surface area (Å²) < 4.78 is 18.7. The first-order valence-electron chi connectivity index (χ1n) is 8.30. The highest BCUT2D eigenvalue weighted by atomic mass is 19.1. The van der Waals surface area contributed by atoms with Crippen LogP contribution in [0.2, 0.25) is 0 Å². The molecule has 0 spiro atoms. The molecule has 2 N–H and O–H groups in total. The van der Waals surface area contributed by atoms with Crippen LogP contribution < -0.4 is 10.1 Å². The molecule has 134 valence electrons. The van der Waals surface area contributed by atoms with E-state index in [0.29, 0.717) is 29.9 Å². The van der Waals surface area contributed by atoms with Gasteiger partial charge in [0.25, 0.3) is 5.91 Å². The quantitative estimate of drug-likeness (QED) is 0.713. The van der Waals surface area contributed by atoms with Gasteiger partial charge in [-0.05, 0) is 54.8 Å². The standard InChI is InChI=1S/C20H20FN3O2/c1-13-11-15(7-8-16(13)21)17-12-18(24-23-17)20(25)22-10-9-14-5-3-4-6-19(14)26-2/h3-8,11-12H,9-10H2,1-2H3,(H,22,25)(H,23,24). The lowest BCUT2D eigenvalue weighted by Crippen LogP contribution is -2.26. The number of aryl methyl sites for hydroxylation is 1. The number of methoxy groups -OCH3 is 1. The number of aromatic amines is 1. The average Bonchev–Trinajstić information content (AvgIpc) is 3.14. The molecule has 3 aromatic rings. The monoisotopic (exact) mass is 353 g/mol. The number of amides is 1. The number of nitrogens with one attached hydrogen (secondary N) is 2. The van der Waals surface area contributed by atoms with Crippen LogP contribution in [0.15, 0.2) is 48.5 Å². The summed E-state index contributed by atoms with van der Waals surface area (Å²) in [6, 6.07) is 14.1. The Bertz CT molecular complexity index is 921. The Kier molecular flexibility index (Phi) is 5.31. The zero-order valence-electron chi connectivity index (χ0n) is 14.7. The molecular formula is C20H20FN3O2. The van der Waals surface area contributed by atoms with Gasteiger partial charge in [0, 0.05) is 12.1 Å². The average molecular weight is 353 g/mol. The highest BCUT2D eigenvalue weighted by Gasteiger charge is 2.12. The molecule has 0 atom stereocenters. The van der Waals surface area contributed by atoms with Gasteiger partial charge < -0.3 is 10.1 Å². The summed E-state index contributed by atoms with van der Waals surface area (Å²) in [5, 5.41) is 9.73. The first-order chi connectivity index (χ1) is 12.6. The summed E-state index contributed by atoms with van der Waals surface area (Å²) in [4.78, 5) is 12.3. The number of aromatic nitrogens is 2. The number of H-pyrrole nitrogens is 1. The van der Waals surface area contributed by atoms with Gasteiger partial charge in [-0.3, -0.25) is 9.89 Å². The van der Waals surface area contributed by atoms with E-state index in [-0.39, 0.29) is 11.7 Å². The van der Waals surface area contributed by atoms with Crippen molar-refractivity contribution in [3.63, 3.8) is 0 Å². The SMILES string of the molecule is COc1ccccc1CCNC(=O)c1cc(-c2ccc(F)c(C)c2)n[nH]1. The number of carbonyl (C=O) groups excluding carboxylic acids is 1. The van der Waals surface area contributed by atoms with Gasteiger partial charge in [-0.1, -0.05) is 18.2 Å². The molecule has 0 saturated heterocycles. The van der Waals surface area contributed by atoms with Gasteiger partial charge >= 0.3 is 0 Å². The molecule has 2 aromatic carbocycles. The van der Waals surface area contributed by atoms with Crippen molar-refractivity contribution < 1.29 is 13.9 Å². The molecule has 0 bridgehead atoms. The van der Waals surface area contributed by atoms with E-state index in [2.05, 4.69) is 15.5 Å². The van der Waals surface area contributed by atoms with Gasteiger partial charge in [0.2, 0.25) is 0 Å². The molecule has 5 nitrogen and oxygen atoms in total. The summed E-state index contributed by atoms with van der Waals surface area (Å²) in [5.74, 6) is 0.299. The van der Waals surface area contributed by atoms with Gasteiger partial charge in [-0.2, -0.15) is 5.10 Å². The van der Waals surface area contributed by atoms with E-state index in [1.54, 1.807) is 32.2 Å². The van der Waals surface area contributed by atoms with Crippen molar-refractivity contribution in [2.24, 2.45) is 0 Å². The fourth-order valence-electron chi connectivity index (χ4n) is 2.71. The Balaban J connectivity index is 1.62. The van der Waals surface area contributed by atoms with Crippen LogP contribution in [0.3, 0.4) is 0 Å². The second-order valence-electron chi connectivity index (χ2n) is 5.95. The predicted molar refractivity (Wildman–Crippen MR) is 97.7 cm³/mol. The van der Waals surface area contributed by atoms with Gasteiger partial charge in [-0.15, -0.1) is 0 Å². The van der Waals surface area contributed by atoms with Gasteiger partial charge in [0.1, 0.15) is 17.3 Å². The third kappa shape index (κ3) is 3.91. The molecule has 1 amide bonds. The molecule has 3 rings (SSSR count). The summed E-state index contributed by atoms with van der Waals surface area (Å²) in [6.07, 6.45) is 0.661. The molecule has 0 fully saturated rings. The summed E-state index contributed by atoms with van der Waals surface area (Å²) in [6.45, 7) is 2.17. The van der Waals surface area contributed by atoms with Crippen molar-refractivity contribution in [1.29, 1.82) is 0 Å². The minimum absolute atomic E-state index is 0.238. The number of hydrogen-bond donors (Lipinski definition) is 2. The van der Waals surface area contributed by atoms with E-state index in [4.69, 9.17) is 4.74 Å². The largest absolute Gasteiger partial charge is 0.496 e. The highest BCUT2D eigenvalue weighted by molar-refractivity contribution is 5.93. The second kappa shape index (κ2) is 7.82. The van der Waals surface area contributed by atoms with Crippen LogP contribution in [-0.4, -0.2) is 29.8 Å². The van der Waals surface area contributed by atoms with Crippen LogP contribution in [0.1, 0.15) is 21.6 Å². The van der Waals surface area contributed by atoms with Crippen LogP contribution in [0, 0.1) is 12.7 Å². The summed E-state index contributed by atoms with van der Waals surface area (Å²) >= 11 is 0. The first kappa shape index (κ1) is 17.7. The number of rotatable bonds is 6. The van der Waals surface area contributed by atoms with E-state index in [9.17, 15) is 9.18 Å². The highest BCUT2D eigenvalue weighted by Crippen LogP contribution is 2.21. The van der Waals surface area contributed by atoms with Crippen molar-refractivity contribution in [2.45, 2.75) is 13.3 Å². The normalized spacial score (nSPS) is 10.6. The lowest BCUT2D eigenvalue weighted by atomic mass is 10.1. The molecular weight excluding hydrogens is 333 g/mol. The fraction of sp³-hybridized carbons (Fsp3) is 0.200. The molecule has 26 heavy (non-hydrogen) atoms. The molecule has 0 unspecified atom stereocenters. The topological polar surface area (TPSA) is 67.0 Å². The molecule has 0 saturated carbocycles. The van der Waals surface area contributed by atoms with Crippen molar-refractivity contribution in [2.75, 3.05) is 13.7 Å². The second-order valence-corrected chi connectivity index (χ2v) is 5.95. The van der Waals surface area contributed by atoms with Crippen molar-refractivity contribution >= 4 is 5.91 Å². The number of halogens is 1. The number of hydrogen-bond acceptors (Lipinski definition) is 3. The molecule has 1 heterocycles. The van der Waals surface area contributed by atoms with E-state index in [1.807, 2.05) is 24.3 Å². The van der Waals surface area contributed by atoms with Crippen LogP contribution in [0.5, 0.6) is 5.75 Å². The van der Waals surface area contributed by atoms with Crippen LogP contribution in [0.25, 0.3) is 11.3 Å². The fourth-order valence-corrected chi connectivity index (χ4v) is 2.71. The predicted octanol–water partition coefficient (Wildman–Crippen LogP) is 3.51. The van der Waals surface area contributed by atoms with Crippen molar-refractivity contribution in [3.05, 3.63) is 71.2 Å². The first-order valence-corrected chi connectivity index (χ1v) is 8.30. The Labute approximate surface area is 151 Å².